The third-order valence-electron chi connectivity index (χ3n) is 3.32. The molecule has 0 aliphatic carbocycles. The first kappa shape index (κ1) is 14.2. The fraction of sp³-hybridized carbons (Fsp3) is 0.250. The van der Waals surface area contributed by atoms with Gasteiger partial charge in [0.2, 0.25) is 0 Å². The van der Waals surface area contributed by atoms with Crippen molar-refractivity contribution in [2.45, 2.75) is 25.3 Å². The molecule has 20 heavy (non-hydrogen) atoms. The highest BCUT2D eigenvalue weighted by Crippen LogP contribution is 2.24. The maximum atomic E-state index is 12.9. The number of benzene rings is 1. The van der Waals surface area contributed by atoms with Gasteiger partial charge < -0.3 is 5.73 Å². The molecule has 4 heteroatoms. The molecule has 0 saturated carbocycles. The van der Waals surface area contributed by atoms with E-state index in [1.54, 1.807) is 18.3 Å². The second-order valence-electron chi connectivity index (χ2n) is 4.91. The molecule has 0 spiro atoms. The fourth-order valence-electron chi connectivity index (χ4n) is 2.20. The molecule has 1 heterocycles. The van der Waals surface area contributed by atoms with Crippen LogP contribution in [-0.2, 0) is 6.42 Å². The molecule has 2 rings (SSSR count). The van der Waals surface area contributed by atoms with E-state index in [1.807, 2.05) is 13.0 Å². The van der Waals surface area contributed by atoms with Crippen molar-refractivity contribution in [1.29, 1.82) is 5.26 Å². The molecule has 1 aromatic carbocycles. The molecule has 2 atom stereocenters. The number of hydrogen-bond donors (Lipinski definition) is 1. The zero-order valence-corrected chi connectivity index (χ0v) is 11.3. The number of nitrogens with two attached hydrogens (primary N) is 1. The molecule has 3 nitrogen and oxygen atoms in total. The maximum Gasteiger partial charge on any atom is 0.123 e. The van der Waals surface area contributed by atoms with Gasteiger partial charge in [0, 0.05) is 24.4 Å². The minimum Gasteiger partial charge on any atom is -0.327 e. The average molecular weight is 269 g/mol. The van der Waals surface area contributed by atoms with Crippen LogP contribution in [0.4, 0.5) is 4.39 Å². The third kappa shape index (κ3) is 3.40. The van der Waals surface area contributed by atoms with Gasteiger partial charge in [-0.2, -0.15) is 5.26 Å². The molecule has 2 aromatic rings. The first-order valence-electron chi connectivity index (χ1n) is 6.45. The van der Waals surface area contributed by atoms with Crippen molar-refractivity contribution in [2.75, 3.05) is 0 Å². The predicted octanol–water partition coefficient (Wildman–Crippen LogP) is 2.77. The van der Waals surface area contributed by atoms with E-state index in [2.05, 4.69) is 11.1 Å². The van der Waals surface area contributed by atoms with Crippen LogP contribution in [0.3, 0.4) is 0 Å². The van der Waals surface area contributed by atoms with Crippen molar-refractivity contribution in [2.24, 2.45) is 5.73 Å². The summed E-state index contributed by atoms with van der Waals surface area (Å²) in [6, 6.07) is 10.2. The van der Waals surface area contributed by atoms with Crippen LogP contribution in [0, 0.1) is 17.1 Å². The van der Waals surface area contributed by atoms with Gasteiger partial charge in [0.25, 0.3) is 0 Å². The minimum absolute atomic E-state index is 0.0428. The topological polar surface area (TPSA) is 62.7 Å². The number of nitriles is 1. The van der Waals surface area contributed by atoms with Gasteiger partial charge in [-0.25, -0.2) is 4.39 Å². The van der Waals surface area contributed by atoms with E-state index in [0.29, 0.717) is 12.0 Å². The van der Waals surface area contributed by atoms with Crippen molar-refractivity contribution in [1.82, 2.24) is 4.98 Å². The smallest absolute Gasteiger partial charge is 0.123 e. The summed E-state index contributed by atoms with van der Waals surface area (Å²) in [5, 5.41) is 8.94. The number of halogens is 1. The van der Waals surface area contributed by atoms with E-state index in [1.165, 1.54) is 18.3 Å². The second-order valence-corrected chi connectivity index (χ2v) is 4.91. The summed E-state index contributed by atoms with van der Waals surface area (Å²) in [5.74, 6) is -0.208. The van der Waals surface area contributed by atoms with Gasteiger partial charge >= 0.3 is 0 Å². The van der Waals surface area contributed by atoms with E-state index in [4.69, 9.17) is 11.0 Å². The van der Waals surface area contributed by atoms with Gasteiger partial charge in [-0.05, 0) is 42.7 Å². The number of nitrogens with zero attached hydrogens (tertiary/aromatic N) is 2. The summed E-state index contributed by atoms with van der Waals surface area (Å²) >= 11 is 0. The van der Waals surface area contributed by atoms with E-state index >= 15 is 0 Å². The molecule has 0 radical (unpaired) electrons. The van der Waals surface area contributed by atoms with Crippen LogP contribution in [0.2, 0.25) is 0 Å². The molecule has 0 fully saturated rings. The summed E-state index contributed by atoms with van der Waals surface area (Å²) in [5.41, 5.74) is 8.52. The largest absolute Gasteiger partial charge is 0.327 e. The van der Waals surface area contributed by atoms with Crippen molar-refractivity contribution in [3.8, 4) is 6.07 Å². The molecular weight excluding hydrogens is 253 g/mol. The number of aromatic nitrogens is 1. The standard InChI is InChI=1S/C16H16FN3/c1-11(19)16(7-12-2-4-15(17)5-3-12)14-6-13(8-18)9-20-10-14/h2-6,9-11,16H,7,19H2,1H3. The van der Waals surface area contributed by atoms with Crippen LogP contribution < -0.4 is 5.73 Å². The Hall–Kier alpha value is -2.25. The lowest BCUT2D eigenvalue weighted by Crippen LogP contribution is -2.26. The Balaban J connectivity index is 2.27. The Morgan fingerprint density at radius 2 is 2.00 bits per heavy atom. The van der Waals surface area contributed by atoms with Gasteiger partial charge in [-0.1, -0.05) is 12.1 Å². The SMILES string of the molecule is CC(N)C(Cc1ccc(F)cc1)c1cncc(C#N)c1. The molecular formula is C16H16FN3. The molecule has 2 unspecified atom stereocenters. The monoisotopic (exact) mass is 269 g/mol. The van der Waals surface area contributed by atoms with Crippen molar-refractivity contribution < 1.29 is 4.39 Å². The van der Waals surface area contributed by atoms with Gasteiger partial charge in [-0.15, -0.1) is 0 Å². The lowest BCUT2D eigenvalue weighted by atomic mass is 9.87. The van der Waals surface area contributed by atoms with Crippen molar-refractivity contribution >= 4 is 0 Å². The highest BCUT2D eigenvalue weighted by molar-refractivity contribution is 5.32. The van der Waals surface area contributed by atoms with Gasteiger partial charge in [0.05, 0.1) is 5.56 Å². The van der Waals surface area contributed by atoms with Crippen LogP contribution in [0.1, 0.15) is 29.5 Å². The Kier molecular flexibility index (Phi) is 4.44. The van der Waals surface area contributed by atoms with Gasteiger partial charge in [-0.3, -0.25) is 4.98 Å². The van der Waals surface area contributed by atoms with Crippen LogP contribution in [0.15, 0.2) is 42.7 Å². The molecule has 0 amide bonds. The number of hydrogen-bond acceptors (Lipinski definition) is 3. The maximum absolute atomic E-state index is 12.9. The van der Waals surface area contributed by atoms with E-state index in [-0.39, 0.29) is 17.8 Å². The quantitative estimate of drug-likeness (QED) is 0.928. The molecule has 102 valence electrons. The van der Waals surface area contributed by atoms with E-state index in [9.17, 15) is 4.39 Å². The predicted molar refractivity (Wildman–Crippen MR) is 75.4 cm³/mol. The van der Waals surface area contributed by atoms with E-state index < -0.39 is 0 Å². The Labute approximate surface area is 117 Å². The second kappa shape index (κ2) is 6.27. The summed E-state index contributed by atoms with van der Waals surface area (Å²) < 4.78 is 12.9. The Morgan fingerprint density at radius 1 is 1.30 bits per heavy atom. The Bertz CT molecular complexity index is 614. The molecule has 0 bridgehead atoms. The molecule has 1 aromatic heterocycles. The first-order chi connectivity index (χ1) is 9.60. The molecule has 0 saturated heterocycles. The van der Waals surface area contributed by atoms with Gasteiger partial charge in [0.15, 0.2) is 0 Å². The van der Waals surface area contributed by atoms with Crippen LogP contribution in [0.25, 0.3) is 0 Å². The van der Waals surface area contributed by atoms with E-state index in [0.717, 1.165) is 11.1 Å². The highest BCUT2D eigenvalue weighted by Gasteiger charge is 2.18. The summed E-state index contributed by atoms with van der Waals surface area (Å²) in [6.07, 6.45) is 3.95. The minimum atomic E-state index is -0.251. The molecule has 0 aliphatic rings. The summed E-state index contributed by atoms with van der Waals surface area (Å²) in [4.78, 5) is 4.08. The lowest BCUT2D eigenvalue weighted by molar-refractivity contribution is 0.562. The lowest BCUT2D eigenvalue weighted by Gasteiger charge is -2.21. The Morgan fingerprint density at radius 3 is 2.60 bits per heavy atom. The normalized spacial score (nSPS) is 13.5. The van der Waals surface area contributed by atoms with Gasteiger partial charge in [0.1, 0.15) is 11.9 Å². The zero-order chi connectivity index (χ0) is 14.5. The summed E-state index contributed by atoms with van der Waals surface area (Å²) in [6.45, 7) is 1.92. The number of pyridine rings is 1. The molecule has 2 N–H and O–H groups in total. The fourth-order valence-corrected chi connectivity index (χ4v) is 2.20. The van der Waals surface area contributed by atoms with Crippen LogP contribution in [0.5, 0.6) is 0 Å². The summed E-state index contributed by atoms with van der Waals surface area (Å²) in [7, 11) is 0. The zero-order valence-electron chi connectivity index (χ0n) is 11.3. The third-order valence-corrected chi connectivity index (χ3v) is 3.32. The first-order valence-corrected chi connectivity index (χ1v) is 6.45. The number of rotatable bonds is 4. The molecule has 0 aliphatic heterocycles. The highest BCUT2D eigenvalue weighted by atomic mass is 19.1. The van der Waals surface area contributed by atoms with Crippen LogP contribution >= 0.6 is 0 Å². The average Bonchev–Trinajstić information content (AvgIpc) is 2.46. The van der Waals surface area contributed by atoms with Crippen molar-refractivity contribution in [3.63, 3.8) is 0 Å². The van der Waals surface area contributed by atoms with Crippen LogP contribution in [-0.4, -0.2) is 11.0 Å². The van der Waals surface area contributed by atoms with Crippen molar-refractivity contribution in [3.05, 3.63) is 65.2 Å².